The molecule has 3 rings (SSSR count). The highest BCUT2D eigenvalue weighted by atomic mass is 16.8. The van der Waals surface area contributed by atoms with Gasteiger partial charge in [-0.2, -0.15) is 0 Å². The molecule has 2 unspecified atom stereocenters. The minimum atomic E-state index is -0.244. The molecule has 3 fully saturated rings. The zero-order valence-corrected chi connectivity index (χ0v) is 33.1. The van der Waals surface area contributed by atoms with Crippen LogP contribution in [0.5, 0.6) is 0 Å². The molecular formula is C47H82O2. The molecule has 2 saturated carbocycles. The molecule has 1 spiro atoms. The topological polar surface area (TPSA) is 18.5 Å². The van der Waals surface area contributed by atoms with Crippen molar-refractivity contribution in [3.8, 4) is 0 Å². The van der Waals surface area contributed by atoms with Crippen LogP contribution in [0.4, 0.5) is 0 Å². The number of hydrogen-bond donors (Lipinski definition) is 0. The van der Waals surface area contributed by atoms with Gasteiger partial charge in [-0.1, -0.05) is 159 Å². The van der Waals surface area contributed by atoms with Crippen molar-refractivity contribution in [1.82, 2.24) is 0 Å². The van der Waals surface area contributed by atoms with Crippen molar-refractivity contribution < 1.29 is 9.47 Å². The van der Waals surface area contributed by atoms with E-state index in [0.717, 1.165) is 25.2 Å². The van der Waals surface area contributed by atoms with Gasteiger partial charge in [0.05, 0.1) is 12.2 Å². The first kappa shape index (κ1) is 42.3. The van der Waals surface area contributed by atoms with Gasteiger partial charge in [-0.25, -0.2) is 0 Å². The van der Waals surface area contributed by atoms with Gasteiger partial charge in [-0.05, 0) is 108 Å². The Kier molecular flexibility index (Phi) is 23.0. The second kappa shape index (κ2) is 26.6. The highest BCUT2D eigenvalue weighted by Crippen LogP contribution is 2.57. The Bertz CT molecular complexity index is 849. The van der Waals surface area contributed by atoms with E-state index in [1.807, 2.05) is 0 Å². The fourth-order valence-corrected chi connectivity index (χ4v) is 8.95. The summed E-state index contributed by atoms with van der Waals surface area (Å²) in [5, 5.41) is 0. The number of ether oxygens (including phenoxy) is 2. The molecular weight excluding hydrogens is 597 g/mol. The summed E-state index contributed by atoms with van der Waals surface area (Å²) >= 11 is 0. The summed E-state index contributed by atoms with van der Waals surface area (Å²) in [6, 6.07) is 0. The Labute approximate surface area is 306 Å². The van der Waals surface area contributed by atoms with Gasteiger partial charge < -0.3 is 9.47 Å². The first-order valence-electron chi connectivity index (χ1n) is 22.1. The molecule has 4 atom stereocenters. The first-order chi connectivity index (χ1) is 24.1. The van der Waals surface area contributed by atoms with Gasteiger partial charge in [0.25, 0.3) is 0 Å². The van der Waals surface area contributed by atoms with Crippen molar-refractivity contribution in [3.05, 3.63) is 48.6 Å². The van der Waals surface area contributed by atoms with Crippen LogP contribution in [0.25, 0.3) is 0 Å². The van der Waals surface area contributed by atoms with E-state index >= 15 is 0 Å². The molecule has 2 aliphatic carbocycles. The van der Waals surface area contributed by atoms with E-state index < -0.39 is 0 Å². The predicted octanol–water partition coefficient (Wildman–Crippen LogP) is 15.5. The summed E-state index contributed by atoms with van der Waals surface area (Å²) in [4.78, 5) is 0. The highest BCUT2D eigenvalue weighted by molar-refractivity contribution is 5.01. The van der Waals surface area contributed by atoms with Gasteiger partial charge in [-0.3, -0.25) is 0 Å². The van der Waals surface area contributed by atoms with Gasteiger partial charge in [0, 0.05) is 12.8 Å². The van der Waals surface area contributed by atoms with Crippen LogP contribution in [-0.4, -0.2) is 18.0 Å². The Balaban J connectivity index is 1.26. The fourth-order valence-electron chi connectivity index (χ4n) is 8.95. The number of allylic oxidation sites excluding steroid dienone is 8. The van der Waals surface area contributed by atoms with Crippen molar-refractivity contribution in [2.45, 2.75) is 238 Å². The van der Waals surface area contributed by atoms with E-state index in [0.29, 0.717) is 17.6 Å². The van der Waals surface area contributed by atoms with Crippen molar-refractivity contribution >= 4 is 0 Å². The van der Waals surface area contributed by atoms with Gasteiger partial charge in [0.15, 0.2) is 5.79 Å². The average Bonchev–Trinajstić information content (AvgIpc) is 3.73. The number of unbranched alkanes of at least 4 members (excludes halogenated alkanes) is 18. The quantitative estimate of drug-likeness (QED) is 0.0556. The molecule has 0 aromatic carbocycles. The Hall–Kier alpha value is -1.12. The minimum Gasteiger partial charge on any atom is -0.344 e. The van der Waals surface area contributed by atoms with Crippen molar-refractivity contribution in [1.29, 1.82) is 0 Å². The Morgan fingerprint density at radius 1 is 0.469 bits per heavy atom. The summed E-state index contributed by atoms with van der Waals surface area (Å²) in [6.45, 7) is 6.92. The second-order valence-electron chi connectivity index (χ2n) is 16.6. The summed E-state index contributed by atoms with van der Waals surface area (Å²) in [6.07, 6.45) is 60.5. The van der Waals surface area contributed by atoms with E-state index in [2.05, 4.69) is 69.4 Å². The second-order valence-corrected chi connectivity index (χ2v) is 16.6. The average molecular weight is 679 g/mol. The molecule has 2 nitrogen and oxygen atoms in total. The van der Waals surface area contributed by atoms with E-state index in [1.54, 1.807) is 0 Å². The maximum atomic E-state index is 6.78. The summed E-state index contributed by atoms with van der Waals surface area (Å²) in [5.74, 6) is 0.515. The summed E-state index contributed by atoms with van der Waals surface area (Å²) in [5.41, 5.74) is 0.453. The van der Waals surface area contributed by atoms with Crippen LogP contribution in [0, 0.1) is 11.3 Å². The summed E-state index contributed by atoms with van der Waals surface area (Å²) < 4.78 is 13.6. The lowest BCUT2D eigenvalue weighted by Crippen LogP contribution is -2.31. The molecule has 1 saturated heterocycles. The van der Waals surface area contributed by atoms with Crippen LogP contribution in [0.2, 0.25) is 0 Å². The molecule has 49 heavy (non-hydrogen) atoms. The lowest BCUT2D eigenvalue weighted by atomic mass is 9.76. The molecule has 1 heterocycles. The van der Waals surface area contributed by atoms with Gasteiger partial charge >= 0.3 is 0 Å². The molecule has 0 radical (unpaired) electrons. The highest BCUT2D eigenvalue weighted by Gasteiger charge is 2.57. The molecule has 0 aromatic heterocycles. The van der Waals surface area contributed by atoms with Crippen LogP contribution in [0.1, 0.15) is 220 Å². The zero-order valence-electron chi connectivity index (χ0n) is 33.1. The maximum Gasteiger partial charge on any atom is 0.169 e. The van der Waals surface area contributed by atoms with E-state index in [-0.39, 0.29) is 5.79 Å². The predicted molar refractivity (Wildman–Crippen MR) is 215 cm³/mol. The fraction of sp³-hybridized carbons (Fsp3) is 0.830. The SMILES string of the molecule is CCCCC/C=C\C/C=C\CCCCCCCCC1(CCCCCCCC/C=C\C/C=C\CCCCC)CCC2(C1)O[C@H]1CC(C)C[C@H]1O2. The van der Waals surface area contributed by atoms with Crippen LogP contribution in [0.15, 0.2) is 48.6 Å². The third-order valence-electron chi connectivity index (χ3n) is 11.9. The molecule has 3 aliphatic rings. The Morgan fingerprint density at radius 3 is 1.29 bits per heavy atom. The lowest BCUT2D eigenvalue weighted by Gasteiger charge is -2.32. The monoisotopic (exact) mass is 679 g/mol. The van der Waals surface area contributed by atoms with E-state index in [9.17, 15) is 0 Å². The molecule has 1 aliphatic heterocycles. The third-order valence-corrected chi connectivity index (χ3v) is 11.9. The molecule has 282 valence electrons. The summed E-state index contributed by atoms with van der Waals surface area (Å²) in [7, 11) is 0. The minimum absolute atomic E-state index is 0.244. The number of rotatable bonds is 30. The van der Waals surface area contributed by atoms with E-state index in [4.69, 9.17) is 9.47 Å². The van der Waals surface area contributed by atoms with Crippen LogP contribution in [0.3, 0.4) is 0 Å². The number of hydrogen-bond acceptors (Lipinski definition) is 2. The van der Waals surface area contributed by atoms with E-state index in [1.165, 1.54) is 180 Å². The third kappa shape index (κ3) is 18.3. The zero-order chi connectivity index (χ0) is 34.7. The standard InChI is InChI=1S/C47H82O2/c1-4-6-8-10-12-14-16-18-20-22-24-26-28-30-32-34-36-46(38-39-47(42-46)48-44-40-43(3)41-45(44)49-47)37-35-33-31-29-27-25-23-21-19-17-15-13-11-9-7-5-2/h12-15,18-21,43-45H,4-11,16-17,22-42H2,1-3H3/b14-12-,15-13-,20-18-,21-19-/t43?,44-,45+,47?. The molecule has 2 heteroatoms. The van der Waals surface area contributed by atoms with Crippen molar-refractivity contribution in [2.24, 2.45) is 11.3 Å². The number of fused-ring (bicyclic) bond motifs is 1. The van der Waals surface area contributed by atoms with Gasteiger partial charge in [0.1, 0.15) is 0 Å². The van der Waals surface area contributed by atoms with Gasteiger partial charge in [-0.15, -0.1) is 0 Å². The van der Waals surface area contributed by atoms with Crippen molar-refractivity contribution in [3.63, 3.8) is 0 Å². The van der Waals surface area contributed by atoms with Crippen molar-refractivity contribution in [2.75, 3.05) is 0 Å². The molecule has 0 aromatic rings. The van der Waals surface area contributed by atoms with Crippen LogP contribution >= 0.6 is 0 Å². The van der Waals surface area contributed by atoms with Crippen LogP contribution in [-0.2, 0) is 9.47 Å². The van der Waals surface area contributed by atoms with Gasteiger partial charge in [0.2, 0.25) is 0 Å². The first-order valence-corrected chi connectivity index (χ1v) is 22.1. The smallest absolute Gasteiger partial charge is 0.169 e. The largest absolute Gasteiger partial charge is 0.344 e. The Morgan fingerprint density at radius 2 is 0.857 bits per heavy atom. The molecule has 0 bridgehead atoms. The molecule has 0 N–H and O–H groups in total. The maximum absolute atomic E-state index is 6.78. The molecule has 0 amide bonds. The normalized spacial score (nSPS) is 25.1. The lowest BCUT2D eigenvalue weighted by molar-refractivity contribution is -0.182. The van der Waals surface area contributed by atoms with Crippen LogP contribution < -0.4 is 0 Å².